The third-order valence-corrected chi connectivity index (χ3v) is 7.61. The van der Waals surface area contributed by atoms with Gasteiger partial charge in [0.1, 0.15) is 6.04 Å². The summed E-state index contributed by atoms with van der Waals surface area (Å²) in [5.41, 5.74) is 10.4. The molecule has 0 radical (unpaired) electrons. The first-order valence-corrected chi connectivity index (χ1v) is 13.5. The van der Waals surface area contributed by atoms with E-state index in [9.17, 15) is 14.7 Å². The van der Waals surface area contributed by atoms with Crippen molar-refractivity contribution in [3.63, 3.8) is 0 Å². The zero-order valence-electron chi connectivity index (χ0n) is 20.7. The molecule has 1 aliphatic carbocycles. The number of hydrogen-bond acceptors (Lipinski definition) is 7. The van der Waals surface area contributed by atoms with Gasteiger partial charge in [0.05, 0.1) is 17.2 Å². The predicted molar refractivity (Wildman–Crippen MR) is 143 cm³/mol. The highest BCUT2D eigenvalue weighted by molar-refractivity contribution is 8.00. The van der Waals surface area contributed by atoms with Crippen molar-refractivity contribution in [2.45, 2.75) is 76.3 Å². The predicted octanol–water partition coefficient (Wildman–Crippen LogP) is 3.28. The van der Waals surface area contributed by atoms with E-state index in [2.05, 4.69) is 21.3 Å². The number of carboxylic acids is 1. The number of hydrogen-bond donors (Lipinski definition) is 6. The normalized spacial score (nSPS) is 20.6. The summed E-state index contributed by atoms with van der Waals surface area (Å²) in [6.45, 7) is 4.78. The highest BCUT2D eigenvalue weighted by Gasteiger charge is 2.30. The lowest BCUT2D eigenvalue weighted by Gasteiger charge is -2.24. The highest BCUT2D eigenvalue weighted by atomic mass is 32.2. The minimum atomic E-state index is -1.03. The molecule has 2 aliphatic rings. The number of nitrogens with one attached hydrogen (secondary N) is 4. The van der Waals surface area contributed by atoms with E-state index in [4.69, 9.17) is 5.73 Å². The van der Waals surface area contributed by atoms with Gasteiger partial charge in [0, 0.05) is 30.1 Å². The third-order valence-electron chi connectivity index (χ3n) is 6.45. The van der Waals surface area contributed by atoms with Crippen molar-refractivity contribution in [2.75, 3.05) is 17.6 Å². The molecule has 3 rings (SSSR count). The van der Waals surface area contributed by atoms with Gasteiger partial charge in [-0.1, -0.05) is 17.7 Å². The standard InChI is InChI=1S/C26H39N5O3S/c1-3-24(27)28-14-5-4-9-21(19-7-6-8-19)30-20-12-10-18(11-13-20)15-22(26(33)34)31-25(32)23-16-35-17(2)29-23/h3,10-13,17,22-23,28-30H,4-9,14-16,27H2,1-2H3,(H,31,32)(H,33,34)/b24-3+. The Kier molecular flexibility index (Phi) is 10.3. The molecule has 1 aromatic rings. The van der Waals surface area contributed by atoms with Crippen LogP contribution in [-0.2, 0) is 16.0 Å². The van der Waals surface area contributed by atoms with Crippen molar-refractivity contribution in [2.24, 2.45) is 5.73 Å². The molecule has 1 aliphatic heterocycles. The number of unbranched alkanes of at least 4 members (excludes halogenated alkanes) is 1. The summed E-state index contributed by atoms with van der Waals surface area (Å²) in [6, 6.07) is 6.53. The molecule has 0 bridgehead atoms. The molecule has 7 N–H and O–H groups in total. The van der Waals surface area contributed by atoms with E-state index in [0.717, 1.165) is 49.9 Å². The van der Waals surface area contributed by atoms with Crippen molar-refractivity contribution in [1.82, 2.24) is 16.0 Å². The van der Waals surface area contributed by atoms with Gasteiger partial charge in [-0.2, -0.15) is 0 Å². The fraction of sp³-hybridized carbons (Fsp3) is 0.538. The summed E-state index contributed by atoms with van der Waals surface area (Å²) in [4.78, 5) is 24.2. The molecule has 1 heterocycles. The van der Waals surface area contributed by atoms with Crippen molar-refractivity contribution >= 4 is 29.3 Å². The van der Waals surface area contributed by atoms with Crippen LogP contribution in [0.4, 0.5) is 5.69 Å². The van der Waals surface area contributed by atoms with Crippen LogP contribution in [0.1, 0.15) is 57.9 Å². The summed E-state index contributed by atoms with van der Waals surface area (Å²) in [5, 5.41) is 22.5. The van der Waals surface area contributed by atoms with Gasteiger partial charge in [-0.3, -0.25) is 10.1 Å². The van der Waals surface area contributed by atoms with Crippen molar-refractivity contribution in [3.05, 3.63) is 53.0 Å². The number of anilines is 1. The highest BCUT2D eigenvalue weighted by Crippen LogP contribution is 2.31. The first-order chi connectivity index (χ1) is 16.9. The Morgan fingerprint density at radius 2 is 2.00 bits per heavy atom. The van der Waals surface area contributed by atoms with Gasteiger partial charge in [-0.05, 0) is 76.1 Å². The van der Waals surface area contributed by atoms with Gasteiger partial charge in [0.25, 0.3) is 0 Å². The minimum Gasteiger partial charge on any atom is -0.480 e. The van der Waals surface area contributed by atoms with E-state index < -0.39 is 12.0 Å². The molecule has 0 aromatic heterocycles. The molecular weight excluding hydrogens is 462 g/mol. The maximum absolute atomic E-state index is 12.5. The number of thioether (sulfide) groups is 1. The van der Waals surface area contributed by atoms with E-state index in [1.165, 1.54) is 17.7 Å². The average Bonchev–Trinajstić information content (AvgIpc) is 3.24. The number of aliphatic carboxylic acids is 1. The Morgan fingerprint density at radius 1 is 1.26 bits per heavy atom. The Bertz CT molecular complexity index is 925. The van der Waals surface area contributed by atoms with Gasteiger partial charge in [-0.15, -0.1) is 11.8 Å². The summed E-state index contributed by atoms with van der Waals surface area (Å²) < 4.78 is 0. The van der Waals surface area contributed by atoms with E-state index in [-0.39, 0.29) is 23.7 Å². The van der Waals surface area contributed by atoms with E-state index in [1.807, 2.05) is 44.2 Å². The maximum Gasteiger partial charge on any atom is 0.326 e. The second kappa shape index (κ2) is 13.4. The number of benzene rings is 1. The second-order valence-corrected chi connectivity index (χ2v) is 10.6. The maximum atomic E-state index is 12.5. The molecule has 3 unspecified atom stereocenters. The molecule has 2 fully saturated rings. The Morgan fingerprint density at radius 3 is 2.57 bits per heavy atom. The molecule has 9 heteroatoms. The Labute approximate surface area is 212 Å². The SMILES string of the molecule is C/C=C(\N)NCCCCC(Nc1ccc(CC(NC(=O)C2CSC(C)N2)C(=O)O)cc1)=C1CCC1. The number of carboxylic acid groups (broad SMARTS) is 1. The quantitative estimate of drug-likeness (QED) is 0.227. The van der Waals surface area contributed by atoms with Crippen molar-refractivity contribution in [3.8, 4) is 0 Å². The lowest BCUT2D eigenvalue weighted by atomic mass is 9.89. The molecule has 192 valence electrons. The largest absolute Gasteiger partial charge is 0.480 e. The molecule has 3 atom stereocenters. The van der Waals surface area contributed by atoms with Gasteiger partial charge in [0.15, 0.2) is 0 Å². The van der Waals surface area contributed by atoms with Crippen LogP contribution in [0.15, 0.2) is 47.4 Å². The Balaban J connectivity index is 1.52. The van der Waals surface area contributed by atoms with Gasteiger partial charge in [-0.25, -0.2) is 4.79 Å². The van der Waals surface area contributed by atoms with Crippen LogP contribution in [0.2, 0.25) is 0 Å². The molecule has 1 saturated carbocycles. The van der Waals surface area contributed by atoms with E-state index >= 15 is 0 Å². The molecule has 1 saturated heterocycles. The zero-order chi connectivity index (χ0) is 25.2. The molecule has 0 spiro atoms. The second-order valence-electron chi connectivity index (χ2n) is 9.18. The van der Waals surface area contributed by atoms with Crippen molar-refractivity contribution in [1.29, 1.82) is 0 Å². The van der Waals surface area contributed by atoms with Crippen LogP contribution in [0.25, 0.3) is 0 Å². The number of amides is 1. The molecule has 1 aromatic carbocycles. The first-order valence-electron chi connectivity index (χ1n) is 12.5. The average molecular weight is 502 g/mol. The summed E-state index contributed by atoms with van der Waals surface area (Å²) in [6.07, 6.45) is 8.76. The molecule has 1 amide bonds. The molecular formula is C26H39N5O3S. The van der Waals surface area contributed by atoms with Crippen LogP contribution in [0.5, 0.6) is 0 Å². The van der Waals surface area contributed by atoms with Gasteiger partial charge < -0.3 is 26.8 Å². The van der Waals surface area contributed by atoms with E-state index in [1.54, 1.807) is 11.8 Å². The number of carbonyl (C=O) groups excluding carboxylic acids is 1. The fourth-order valence-electron chi connectivity index (χ4n) is 4.12. The lowest BCUT2D eigenvalue weighted by Crippen LogP contribution is -2.50. The number of nitrogens with two attached hydrogens (primary N) is 1. The minimum absolute atomic E-state index is 0.197. The molecule has 8 nitrogen and oxygen atoms in total. The van der Waals surface area contributed by atoms with Crippen LogP contribution in [-0.4, -0.2) is 46.7 Å². The third kappa shape index (κ3) is 8.50. The van der Waals surface area contributed by atoms with Crippen LogP contribution in [0, 0.1) is 0 Å². The summed E-state index contributed by atoms with van der Waals surface area (Å²) in [7, 11) is 0. The van der Waals surface area contributed by atoms with Crippen LogP contribution < -0.4 is 27.0 Å². The number of carbonyl (C=O) groups is 2. The Hall–Kier alpha value is -2.65. The monoisotopic (exact) mass is 501 g/mol. The van der Waals surface area contributed by atoms with Crippen LogP contribution in [0.3, 0.4) is 0 Å². The van der Waals surface area contributed by atoms with Crippen LogP contribution >= 0.6 is 11.8 Å². The summed E-state index contributed by atoms with van der Waals surface area (Å²) in [5.74, 6) is 0.0851. The van der Waals surface area contributed by atoms with Gasteiger partial charge >= 0.3 is 5.97 Å². The van der Waals surface area contributed by atoms with E-state index in [0.29, 0.717) is 11.6 Å². The zero-order valence-corrected chi connectivity index (χ0v) is 21.5. The number of allylic oxidation sites excluding steroid dienone is 3. The first kappa shape index (κ1) is 26.9. The molecule has 35 heavy (non-hydrogen) atoms. The number of rotatable bonds is 13. The van der Waals surface area contributed by atoms with Crippen molar-refractivity contribution < 1.29 is 14.7 Å². The fourth-order valence-corrected chi connectivity index (χ4v) is 5.11. The summed E-state index contributed by atoms with van der Waals surface area (Å²) >= 11 is 1.66. The van der Waals surface area contributed by atoms with Gasteiger partial charge in [0.2, 0.25) is 5.91 Å². The topological polar surface area (TPSA) is 129 Å². The smallest absolute Gasteiger partial charge is 0.326 e. The lowest BCUT2D eigenvalue weighted by molar-refractivity contribution is -0.142.